The number of carbonyl (C=O) groups excluding carboxylic acids is 1. The number of pyridine rings is 1. The molecule has 2 aromatic rings. The molecule has 106 valence electrons. The van der Waals surface area contributed by atoms with Crippen molar-refractivity contribution in [2.45, 2.75) is 33.2 Å². The number of aromatic nitrogens is 2. The molecule has 20 heavy (non-hydrogen) atoms. The molecule has 1 amide bonds. The van der Waals surface area contributed by atoms with E-state index in [0.717, 1.165) is 23.4 Å². The molecule has 2 N–H and O–H groups in total. The Morgan fingerprint density at radius 2 is 2.30 bits per heavy atom. The molecule has 0 spiro atoms. The average molecular weight is 291 g/mol. The molecule has 0 aliphatic carbocycles. The maximum absolute atomic E-state index is 12.3. The number of rotatable bonds is 4. The van der Waals surface area contributed by atoms with Crippen LogP contribution >= 0.6 is 12.2 Å². The predicted octanol–water partition coefficient (Wildman–Crippen LogP) is 3.23. The van der Waals surface area contributed by atoms with E-state index in [1.807, 2.05) is 20.8 Å². The van der Waals surface area contributed by atoms with Crippen molar-refractivity contribution < 1.29 is 9.32 Å². The van der Waals surface area contributed by atoms with Gasteiger partial charge in [-0.25, -0.2) is 0 Å². The number of carbonyl (C=O) groups is 1. The van der Waals surface area contributed by atoms with Gasteiger partial charge in [-0.15, -0.1) is 0 Å². The molecule has 1 atom stereocenters. The summed E-state index contributed by atoms with van der Waals surface area (Å²) in [5.74, 6) is 0.534. The molecule has 0 aliphatic rings. The summed E-state index contributed by atoms with van der Waals surface area (Å²) in [6.45, 7) is 5.72. The molecule has 0 aromatic carbocycles. The smallest absolute Gasteiger partial charge is 0.254 e. The van der Waals surface area contributed by atoms with Crippen LogP contribution in [-0.4, -0.2) is 16.0 Å². The van der Waals surface area contributed by atoms with Crippen LogP contribution in [0.25, 0.3) is 0 Å². The van der Waals surface area contributed by atoms with E-state index in [0.29, 0.717) is 10.2 Å². The second kappa shape index (κ2) is 6.00. The summed E-state index contributed by atoms with van der Waals surface area (Å²) in [5.41, 5.74) is 2.20. The van der Waals surface area contributed by atoms with Gasteiger partial charge in [0.05, 0.1) is 17.3 Å². The second-order valence-corrected chi connectivity index (χ2v) is 4.99. The van der Waals surface area contributed by atoms with E-state index in [1.165, 1.54) is 0 Å². The number of H-pyrrole nitrogens is 1. The van der Waals surface area contributed by atoms with Gasteiger partial charge in [-0.3, -0.25) is 4.79 Å². The quantitative estimate of drug-likeness (QED) is 0.848. The van der Waals surface area contributed by atoms with Gasteiger partial charge in [0.1, 0.15) is 10.4 Å². The molecule has 0 unspecified atom stereocenters. The van der Waals surface area contributed by atoms with Crippen LogP contribution in [0, 0.1) is 18.5 Å². The Balaban J connectivity index is 2.26. The Morgan fingerprint density at radius 1 is 1.55 bits per heavy atom. The number of amides is 1. The van der Waals surface area contributed by atoms with E-state index in [9.17, 15) is 4.79 Å². The Morgan fingerprint density at radius 3 is 2.85 bits per heavy atom. The summed E-state index contributed by atoms with van der Waals surface area (Å²) in [6, 6.07) is 3.32. The SMILES string of the molecule is CC[C@@H](NC(=O)c1ccc[nH]c1=S)c1c(C)noc1C. The van der Waals surface area contributed by atoms with Gasteiger partial charge in [0, 0.05) is 11.8 Å². The van der Waals surface area contributed by atoms with Gasteiger partial charge in [-0.1, -0.05) is 24.3 Å². The molecule has 0 aliphatic heterocycles. The first-order chi connectivity index (χ1) is 9.54. The van der Waals surface area contributed by atoms with Crippen molar-refractivity contribution in [1.29, 1.82) is 0 Å². The second-order valence-electron chi connectivity index (χ2n) is 4.59. The van der Waals surface area contributed by atoms with Crippen molar-refractivity contribution in [3.05, 3.63) is 45.6 Å². The minimum absolute atomic E-state index is 0.136. The minimum Gasteiger partial charge on any atom is -0.361 e. The monoisotopic (exact) mass is 291 g/mol. The molecule has 2 heterocycles. The van der Waals surface area contributed by atoms with Crippen LogP contribution in [0.1, 0.15) is 46.8 Å². The van der Waals surface area contributed by atoms with Crippen LogP contribution < -0.4 is 5.32 Å². The minimum atomic E-state index is -0.196. The zero-order valence-electron chi connectivity index (χ0n) is 11.7. The van der Waals surface area contributed by atoms with Crippen LogP contribution in [0.4, 0.5) is 0 Å². The summed E-state index contributed by atoms with van der Waals surface area (Å²) < 4.78 is 5.59. The fourth-order valence-corrected chi connectivity index (χ4v) is 2.43. The summed E-state index contributed by atoms with van der Waals surface area (Å²) in [5, 5.41) is 6.91. The van der Waals surface area contributed by atoms with Crippen molar-refractivity contribution in [2.24, 2.45) is 0 Å². The highest BCUT2D eigenvalue weighted by atomic mass is 32.1. The summed E-state index contributed by atoms with van der Waals surface area (Å²) >= 11 is 5.12. The van der Waals surface area contributed by atoms with E-state index in [2.05, 4.69) is 15.5 Å². The molecule has 0 saturated heterocycles. The van der Waals surface area contributed by atoms with E-state index in [4.69, 9.17) is 16.7 Å². The first-order valence-electron chi connectivity index (χ1n) is 6.46. The third-order valence-electron chi connectivity index (χ3n) is 3.21. The van der Waals surface area contributed by atoms with Crippen LogP contribution in [0.2, 0.25) is 0 Å². The summed E-state index contributed by atoms with van der Waals surface area (Å²) in [6.07, 6.45) is 2.45. The van der Waals surface area contributed by atoms with E-state index < -0.39 is 0 Å². The highest BCUT2D eigenvalue weighted by Gasteiger charge is 2.21. The zero-order chi connectivity index (χ0) is 14.7. The first-order valence-corrected chi connectivity index (χ1v) is 6.86. The Bertz CT molecular complexity index is 656. The number of hydrogen-bond donors (Lipinski definition) is 2. The molecular formula is C14H17N3O2S. The van der Waals surface area contributed by atoms with Gasteiger partial charge in [0.15, 0.2) is 0 Å². The predicted molar refractivity (Wildman–Crippen MR) is 78.1 cm³/mol. The molecule has 5 nitrogen and oxygen atoms in total. The Hall–Kier alpha value is -1.95. The molecule has 2 rings (SSSR count). The van der Waals surface area contributed by atoms with E-state index in [1.54, 1.807) is 18.3 Å². The first kappa shape index (κ1) is 14.5. The molecule has 2 aromatic heterocycles. The maximum atomic E-state index is 12.3. The lowest BCUT2D eigenvalue weighted by atomic mass is 10.0. The average Bonchev–Trinajstić information content (AvgIpc) is 2.76. The van der Waals surface area contributed by atoms with Crippen molar-refractivity contribution in [1.82, 2.24) is 15.5 Å². The molecule has 0 bridgehead atoms. The van der Waals surface area contributed by atoms with Gasteiger partial charge >= 0.3 is 0 Å². The standard InChI is InChI=1S/C14H17N3O2S/c1-4-11(12-8(2)17-19-9(12)3)16-13(18)10-6-5-7-15-14(10)20/h5-7,11H,4H2,1-3H3,(H,15,20)(H,16,18)/t11-/m1/s1. The normalized spacial score (nSPS) is 12.2. The lowest BCUT2D eigenvalue weighted by Gasteiger charge is -2.16. The Kier molecular flexibility index (Phi) is 4.34. The number of aromatic amines is 1. The van der Waals surface area contributed by atoms with Crippen molar-refractivity contribution in [3.8, 4) is 0 Å². The number of hydrogen-bond acceptors (Lipinski definition) is 4. The highest BCUT2D eigenvalue weighted by molar-refractivity contribution is 7.71. The molecule has 0 radical (unpaired) electrons. The van der Waals surface area contributed by atoms with Crippen molar-refractivity contribution >= 4 is 18.1 Å². The van der Waals surface area contributed by atoms with E-state index >= 15 is 0 Å². The van der Waals surface area contributed by atoms with Gasteiger partial charge in [0.2, 0.25) is 0 Å². The fraction of sp³-hybridized carbons (Fsp3) is 0.357. The molecular weight excluding hydrogens is 274 g/mol. The van der Waals surface area contributed by atoms with Crippen molar-refractivity contribution in [3.63, 3.8) is 0 Å². The van der Waals surface area contributed by atoms with Gasteiger partial charge in [0.25, 0.3) is 5.91 Å². The van der Waals surface area contributed by atoms with Crippen molar-refractivity contribution in [2.75, 3.05) is 0 Å². The summed E-state index contributed by atoms with van der Waals surface area (Å²) in [7, 11) is 0. The summed E-state index contributed by atoms with van der Waals surface area (Å²) in [4.78, 5) is 15.2. The maximum Gasteiger partial charge on any atom is 0.254 e. The number of aryl methyl sites for hydroxylation is 2. The number of nitrogens with zero attached hydrogens (tertiary/aromatic N) is 1. The zero-order valence-corrected chi connectivity index (χ0v) is 12.5. The molecule has 0 fully saturated rings. The highest BCUT2D eigenvalue weighted by Crippen LogP contribution is 2.24. The van der Waals surface area contributed by atoms with E-state index in [-0.39, 0.29) is 11.9 Å². The van der Waals surface area contributed by atoms with Crippen LogP contribution in [0.15, 0.2) is 22.9 Å². The molecule has 0 saturated carbocycles. The lowest BCUT2D eigenvalue weighted by Crippen LogP contribution is -2.29. The lowest BCUT2D eigenvalue weighted by molar-refractivity contribution is 0.0934. The number of nitrogens with one attached hydrogen (secondary N) is 2. The van der Waals surface area contributed by atoms with Gasteiger partial charge in [-0.05, 0) is 32.4 Å². The fourth-order valence-electron chi connectivity index (χ4n) is 2.20. The van der Waals surface area contributed by atoms with Crippen LogP contribution in [-0.2, 0) is 0 Å². The largest absolute Gasteiger partial charge is 0.361 e. The Labute approximate surface area is 122 Å². The van der Waals surface area contributed by atoms with Crippen LogP contribution in [0.3, 0.4) is 0 Å². The third-order valence-corrected chi connectivity index (χ3v) is 3.55. The topological polar surface area (TPSA) is 70.9 Å². The molecule has 6 heteroatoms. The van der Waals surface area contributed by atoms with Gasteiger partial charge < -0.3 is 14.8 Å². The van der Waals surface area contributed by atoms with Gasteiger partial charge in [-0.2, -0.15) is 0 Å². The third kappa shape index (κ3) is 2.80. The van der Waals surface area contributed by atoms with Crippen LogP contribution in [0.5, 0.6) is 0 Å².